The molecule has 0 aliphatic carbocycles. The zero-order valence-electron chi connectivity index (χ0n) is 14.0. The maximum atomic E-state index is 6.03. The van der Waals surface area contributed by atoms with Gasteiger partial charge in [-0.2, -0.15) is 5.10 Å². The smallest absolute Gasteiger partial charge is 0.264 e. The molecule has 134 valence electrons. The zero-order chi connectivity index (χ0) is 18.4. The van der Waals surface area contributed by atoms with Gasteiger partial charge >= 0.3 is 0 Å². The highest BCUT2D eigenvalue weighted by molar-refractivity contribution is 9.10. The lowest BCUT2D eigenvalue weighted by Crippen LogP contribution is -2.13. The number of nitrogens with two attached hydrogens (primary N) is 1. The summed E-state index contributed by atoms with van der Waals surface area (Å²) >= 11 is 4.93. The third-order valence-corrected chi connectivity index (χ3v) is 4.94. The molecule has 3 rings (SSSR count). The fourth-order valence-corrected chi connectivity index (χ4v) is 3.33. The minimum atomic E-state index is 0.353. The van der Waals surface area contributed by atoms with Gasteiger partial charge in [-0.05, 0) is 23.8 Å². The van der Waals surface area contributed by atoms with Crippen molar-refractivity contribution in [1.29, 1.82) is 0 Å². The molecule has 0 unspecified atom stereocenters. The molecule has 3 aromatic rings. The van der Waals surface area contributed by atoms with Gasteiger partial charge in [-0.15, -0.1) is 10.2 Å². The van der Waals surface area contributed by atoms with E-state index in [9.17, 15) is 0 Å². The number of hydrazone groups is 1. The molecule has 0 amide bonds. The van der Waals surface area contributed by atoms with Gasteiger partial charge in [0.25, 0.3) is 5.95 Å². The van der Waals surface area contributed by atoms with Gasteiger partial charge in [-0.1, -0.05) is 58.0 Å². The highest BCUT2D eigenvalue weighted by Crippen LogP contribution is 2.22. The molecule has 9 heteroatoms. The van der Waals surface area contributed by atoms with E-state index in [-0.39, 0.29) is 0 Å². The molecule has 0 radical (unpaired) electrons. The Hall–Kier alpha value is -2.52. The van der Waals surface area contributed by atoms with Gasteiger partial charge in [0.1, 0.15) is 5.75 Å². The highest BCUT2D eigenvalue weighted by atomic mass is 79.9. The van der Waals surface area contributed by atoms with E-state index in [4.69, 9.17) is 10.6 Å². The summed E-state index contributed by atoms with van der Waals surface area (Å²) in [6.07, 6.45) is 1.63. The fourth-order valence-electron chi connectivity index (χ4n) is 2.14. The maximum absolute atomic E-state index is 6.03. The van der Waals surface area contributed by atoms with Crippen molar-refractivity contribution in [2.24, 2.45) is 5.10 Å². The molecular formula is C17H17BrN6OS. The summed E-state index contributed by atoms with van der Waals surface area (Å²) in [5.41, 5.74) is 4.81. The Morgan fingerprint density at radius 3 is 2.85 bits per heavy atom. The van der Waals surface area contributed by atoms with Crippen LogP contribution < -0.4 is 16.0 Å². The summed E-state index contributed by atoms with van der Waals surface area (Å²) in [6.45, 7) is 0. The molecule has 3 N–H and O–H groups in total. The number of hydrogen-bond acceptors (Lipinski definition) is 7. The van der Waals surface area contributed by atoms with Crippen LogP contribution in [0.1, 0.15) is 11.1 Å². The van der Waals surface area contributed by atoms with Gasteiger partial charge in [0.05, 0.1) is 13.3 Å². The number of thioether (sulfide) groups is 1. The van der Waals surface area contributed by atoms with Crippen molar-refractivity contribution in [3.05, 3.63) is 64.1 Å². The third kappa shape index (κ3) is 4.55. The van der Waals surface area contributed by atoms with Crippen LogP contribution in [0.15, 0.2) is 63.3 Å². The summed E-state index contributed by atoms with van der Waals surface area (Å²) < 4.78 is 7.61. The molecule has 0 saturated carbocycles. The second-order valence-corrected chi connectivity index (χ2v) is 7.06. The second kappa shape index (κ2) is 8.72. The Morgan fingerprint density at radius 2 is 2.08 bits per heavy atom. The molecule has 0 spiro atoms. The third-order valence-electron chi connectivity index (χ3n) is 3.44. The molecule has 1 aromatic heterocycles. The Labute approximate surface area is 163 Å². The van der Waals surface area contributed by atoms with Gasteiger partial charge < -0.3 is 10.6 Å². The average molecular weight is 433 g/mol. The molecule has 0 aliphatic rings. The number of aromatic nitrogens is 3. The largest absolute Gasteiger partial charge is 0.496 e. The molecule has 0 saturated heterocycles. The van der Waals surface area contributed by atoms with E-state index in [1.165, 1.54) is 22.0 Å². The molecule has 0 atom stereocenters. The first-order valence-corrected chi connectivity index (χ1v) is 9.45. The fraction of sp³-hybridized carbons (Fsp3) is 0.118. The van der Waals surface area contributed by atoms with Crippen LogP contribution in [-0.4, -0.2) is 28.2 Å². The van der Waals surface area contributed by atoms with Crippen molar-refractivity contribution >= 4 is 39.9 Å². The molecule has 0 fully saturated rings. The summed E-state index contributed by atoms with van der Waals surface area (Å²) in [6, 6.07) is 15.8. The maximum Gasteiger partial charge on any atom is 0.264 e. The van der Waals surface area contributed by atoms with Crippen LogP contribution in [0, 0.1) is 0 Å². The molecule has 0 aliphatic heterocycles. The van der Waals surface area contributed by atoms with E-state index in [0.717, 1.165) is 15.8 Å². The van der Waals surface area contributed by atoms with Crippen molar-refractivity contribution in [1.82, 2.24) is 14.9 Å². The lowest BCUT2D eigenvalue weighted by Gasteiger charge is -2.05. The lowest BCUT2D eigenvalue weighted by atomic mass is 10.2. The summed E-state index contributed by atoms with van der Waals surface area (Å²) in [7, 11) is 1.61. The number of rotatable bonds is 7. The molecular weight excluding hydrogens is 416 g/mol. The topological polar surface area (TPSA) is 90.3 Å². The first kappa shape index (κ1) is 18.3. The van der Waals surface area contributed by atoms with Crippen molar-refractivity contribution < 1.29 is 4.74 Å². The minimum Gasteiger partial charge on any atom is -0.496 e. The summed E-state index contributed by atoms with van der Waals surface area (Å²) in [5, 5.41) is 12.9. The van der Waals surface area contributed by atoms with Crippen LogP contribution >= 0.6 is 27.7 Å². The van der Waals surface area contributed by atoms with Gasteiger partial charge in [-0.3, -0.25) is 0 Å². The predicted octanol–water partition coefficient (Wildman–Crippen LogP) is 3.50. The standard InChI is InChI=1S/C17H17BrN6OS/c1-25-15-8-7-14(18)9-13(15)10-20-21-16-22-23-17(24(16)19)26-11-12-5-3-2-4-6-12/h2-10H,11,19H2,1H3,(H,21,22)/b20-10+. The van der Waals surface area contributed by atoms with E-state index < -0.39 is 0 Å². The normalized spacial score (nSPS) is 11.0. The van der Waals surface area contributed by atoms with Crippen molar-refractivity contribution in [3.63, 3.8) is 0 Å². The lowest BCUT2D eigenvalue weighted by molar-refractivity contribution is 0.414. The number of nitrogen functional groups attached to an aromatic ring is 1. The Bertz CT molecular complexity index is 900. The van der Waals surface area contributed by atoms with Gasteiger partial charge in [0, 0.05) is 15.8 Å². The number of ether oxygens (including phenoxy) is 1. The van der Waals surface area contributed by atoms with Crippen LogP contribution in [0.5, 0.6) is 5.75 Å². The van der Waals surface area contributed by atoms with E-state index in [1.54, 1.807) is 13.3 Å². The average Bonchev–Trinajstić information content (AvgIpc) is 3.01. The quantitative estimate of drug-likeness (QED) is 0.257. The van der Waals surface area contributed by atoms with Gasteiger partial charge in [0.2, 0.25) is 5.16 Å². The number of anilines is 1. The van der Waals surface area contributed by atoms with E-state index >= 15 is 0 Å². The first-order chi connectivity index (χ1) is 12.7. The number of nitrogens with zero attached hydrogens (tertiary/aromatic N) is 4. The van der Waals surface area contributed by atoms with Crippen LogP contribution in [0.2, 0.25) is 0 Å². The van der Waals surface area contributed by atoms with E-state index in [1.807, 2.05) is 36.4 Å². The molecule has 1 heterocycles. The van der Waals surface area contributed by atoms with E-state index in [0.29, 0.717) is 16.9 Å². The Kier molecular flexibility index (Phi) is 6.13. The predicted molar refractivity (Wildman–Crippen MR) is 108 cm³/mol. The van der Waals surface area contributed by atoms with Crippen LogP contribution in [0.4, 0.5) is 5.95 Å². The highest BCUT2D eigenvalue weighted by Gasteiger charge is 2.09. The van der Waals surface area contributed by atoms with Gasteiger partial charge in [-0.25, -0.2) is 10.1 Å². The zero-order valence-corrected chi connectivity index (χ0v) is 16.4. The number of methoxy groups -OCH3 is 1. The van der Waals surface area contributed by atoms with Crippen molar-refractivity contribution in [2.75, 3.05) is 18.4 Å². The summed E-state index contributed by atoms with van der Waals surface area (Å²) in [5.74, 6) is 7.86. The number of hydrogen-bond donors (Lipinski definition) is 2. The molecule has 26 heavy (non-hydrogen) atoms. The van der Waals surface area contributed by atoms with Crippen LogP contribution in [-0.2, 0) is 5.75 Å². The second-order valence-electron chi connectivity index (χ2n) is 5.21. The molecule has 0 bridgehead atoms. The summed E-state index contributed by atoms with van der Waals surface area (Å²) in [4.78, 5) is 0. The SMILES string of the molecule is COc1ccc(Br)cc1/C=N/Nc1nnc(SCc2ccccc2)n1N. The monoisotopic (exact) mass is 432 g/mol. The number of halogens is 1. The molecule has 2 aromatic carbocycles. The Morgan fingerprint density at radius 1 is 1.27 bits per heavy atom. The van der Waals surface area contributed by atoms with E-state index in [2.05, 4.69) is 48.8 Å². The number of benzene rings is 2. The van der Waals surface area contributed by atoms with Crippen molar-refractivity contribution in [2.45, 2.75) is 10.9 Å². The minimum absolute atomic E-state index is 0.353. The first-order valence-electron chi connectivity index (χ1n) is 7.67. The number of nitrogens with one attached hydrogen (secondary N) is 1. The Balaban J connectivity index is 1.64. The van der Waals surface area contributed by atoms with Gasteiger partial charge in [0.15, 0.2) is 0 Å². The van der Waals surface area contributed by atoms with Crippen molar-refractivity contribution in [3.8, 4) is 5.75 Å². The van der Waals surface area contributed by atoms with Crippen LogP contribution in [0.3, 0.4) is 0 Å². The molecule has 7 nitrogen and oxygen atoms in total. The van der Waals surface area contributed by atoms with Crippen LogP contribution in [0.25, 0.3) is 0 Å².